The summed E-state index contributed by atoms with van der Waals surface area (Å²) in [7, 11) is 1.64. The summed E-state index contributed by atoms with van der Waals surface area (Å²) >= 11 is 0. The summed E-state index contributed by atoms with van der Waals surface area (Å²) in [5.74, 6) is 0.818. The van der Waals surface area contributed by atoms with Gasteiger partial charge in [0.2, 0.25) is 0 Å². The number of rotatable bonds is 8. The molecule has 1 aliphatic rings. The van der Waals surface area contributed by atoms with E-state index in [-0.39, 0.29) is 6.09 Å². The molecule has 5 nitrogen and oxygen atoms in total. The molecule has 0 aromatic rings. The molecular weight excluding hydrogens is 268 g/mol. The second-order valence-electron chi connectivity index (χ2n) is 6.81. The van der Waals surface area contributed by atoms with Crippen LogP contribution >= 0.6 is 0 Å². The van der Waals surface area contributed by atoms with E-state index in [0.717, 1.165) is 19.0 Å². The van der Waals surface area contributed by atoms with Gasteiger partial charge in [-0.1, -0.05) is 12.8 Å². The Labute approximate surface area is 129 Å². The van der Waals surface area contributed by atoms with Gasteiger partial charge in [-0.3, -0.25) is 0 Å². The molecule has 0 spiro atoms. The van der Waals surface area contributed by atoms with E-state index >= 15 is 0 Å². The van der Waals surface area contributed by atoms with Gasteiger partial charge in [0.25, 0.3) is 0 Å². The zero-order valence-electron chi connectivity index (χ0n) is 14.1. The summed E-state index contributed by atoms with van der Waals surface area (Å²) in [6, 6.07) is 0. The van der Waals surface area contributed by atoms with Crippen LogP contribution in [0.15, 0.2) is 0 Å². The summed E-state index contributed by atoms with van der Waals surface area (Å²) in [4.78, 5) is 13.9. The van der Waals surface area contributed by atoms with Crippen molar-refractivity contribution in [1.82, 2.24) is 10.2 Å². The van der Waals surface area contributed by atoms with Gasteiger partial charge in [-0.25, -0.2) is 4.79 Å². The van der Waals surface area contributed by atoms with Crippen LogP contribution < -0.4 is 5.32 Å². The lowest BCUT2D eigenvalue weighted by Gasteiger charge is -2.27. The van der Waals surface area contributed by atoms with Crippen molar-refractivity contribution >= 4 is 6.09 Å². The Morgan fingerprint density at radius 3 is 2.48 bits per heavy atom. The second-order valence-corrected chi connectivity index (χ2v) is 6.81. The quantitative estimate of drug-likeness (QED) is 0.700. The van der Waals surface area contributed by atoms with E-state index in [0.29, 0.717) is 19.7 Å². The van der Waals surface area contributed by atoms with Crippen molar-refractivity contribution in [2.75, 3.05) is 39.9 Å². The van der Waals surface area contributed by atoms with Crippen LogP contribution in [-0.2, 0) is 9.47 Å². The molecule has 0 aliphatic heterocycles. The van der Waals surface area contributed by atoms with Crippen LogP contribution in [0.5, 0.6) is 0 Å². The summed E-state index contributed by atoms with van der Waals surface area (Å²) in [5.41, 5.74) is -0.459. The summed E-state index contributed by atoms with van der Waals surface area (Å²) in [5, 5.41) is 3.46. The predicted molar refractivity (Wildman–Crippen MR) is 84.5 cm³/mol. The lowest BCUT2D eigenvalue weighted by Crippen LogP contribution is -2.42. The van der Waals surface area contributed by atoms with Gasteiger partial charge >= 0.3 is 6.09 Å². The third-order valence-electron chi connectivity index (χ3n) is 3.68. The minimum absolute atomic E-state index is 0.262. The molecular formula is C16H32N2O3. The first-order valence-corrected chi connectivity index (χ1v) is 8.10. The fraction of sp³-hybridized carbons (Fsp3) is 0.938. The van der Waals surface area contributed by atoms with Crippen LogP contribution in [0.1, 0.15) is 46.5 Å². The molecule has 0 aromatic heterocycles. The number of nitrogens with one attached hydrogen (secondary N) is 1. The van der Waals surface area contributed by atoms with Gasteiger partial charge in [0, 0.05) is 26.7 Å². The zero-order chi connectivity index (χ0) is 15.7. The smallest absolute Gasteiger partial charge is 0.410 e. The van der Waals surface area contributed by atoms with E-state index in [2.05, 4.69) is 5.32 Å². The van der Waals surface area contributed by atoms with Crippen LogP contribution in [0.4, 0.5) is 4.79 Å². The lowest BCUT2D eigenvalue weighted by molar-refractivity contribution is 0.0204. The number of ether oxygens (including phenoxy) is 2. The normalized spacial score (nSPS) is 16.2. The Morgan fingerprint density at radius 2 is 1.90 bits per heavy atom. The monoisotopic (exact) mass is 300 g/mol. The minimum atomic E-state index is -0.459. The van der Waals surface area contributed by atoms with E-state index in [9.17, 15) is 4.79 Å². The zero-order valence-corrected chi connectivity index (χ0v) is 14.1. The highest BCUT2D eigenvalue weighted by Crippen LogP contribution is 2.23. The number of carbonyl (C=O) groups excluding carboxylic acids is 1. The topological polar surface area (TPSA) is 50.8 Å². The van der Waals surface area contributed by atoms with Crippen LogP contribution in [0.25, 0.3) is 0 Å². The maximum absolute atomic E-state index is 12.1. The Bertz CT molecular complexity index is 296. The molecule has 5 heteroatoms. The van der Waals surface area contributed by atoms with Gasteiger partial charge in [-0.05, 0) is 46.1 Å². The Kier molecular flexibility index (Phi) is 8.04. The molecule has 21 heavy (non-hydrogen) atoms. The number of amides is 1. The van der Waals surface area contributed by atoms with E-state index in [4.69, 9.17) is 9.47 Å². The molecule has 124 valence electrons. The molecule has 1 aliphatic carbocycles. The molecule has 1 N–H and O–H groups in total. The average Bonchev–Trinajstić information content (AvgIpc) is 2.88. The van der Waals surface area contributed by atoms with Gasteiger partial charge in [0.05, 0.1) is 6.61 Å². The van der Waals surface area contributed by atoms with Crippen molar-refractivity contribution in [3.63, 3.8) is 0 Å². The van der Waals surface area contributed by atoms with E-state index in [1.165, 1.54) is 25.7 Å². The van der Waals surface area contributed by atoms with Crippen molar-refractivity contribution in [3.05, 3.63) is 0 Å². The maximum Gasteiger partial charge on any atom is 0.410 e. The highest BCUT2D eigenvalue weighted by molar-refractivity contribution is 5.68. The molecule has 1 rings (SSSR count). The number of methoxy groups -OCH3 is 1. The average molecular weight is 300 g/mol. The fourth-order valence-corrected chi connectivity index (χ4v) is 2.56. The Hall–Kier alpha value is -0.810. The van der Waals surface area contributed by atoms with Gasteiger partial charge in [0.1, 0.15) is 5.60 Å². The highest BCUT2D eigenvalue weighted by atomic mass is 16.6. The summed E-state index contributed by atoms with van der Waals surface area (Å²) in [6.07, 6.45) is 5.15. The third kappa shape index (κ3) is 8.27. The molecule has 0 radical (unpaired) electrons. The number of nitrogens with zero attached hydrogens (tertiary/aromatic N) is 1. The number of carbonyl (C=O) groups is 1. The standard InChI is InChI=1S/C16H32N2O3/c1-16(2,3)21-15(19)18(11-12-20-4)10-9-17-13-14-7-5-6-8-14/h14,17H,5-13H2,1-4H3. The molecule has 1 amide bonds. The Balaban J connectivity index is 2.29. The first-order chi connectivity index (χ1) is 9.92. The van der Waals surface area contributed by atoms with Crippen molar-refractivity contribution in [1.29, 1.82) is 0 Å². The SMILES string of the molecule is COCCN(CCNCC1CCCC1)C(=O)OC(C)(C)C. The van der Waals surface area contributed by atoms with Crippen LogP contribution in [-0.4, -0.2) is 56.5 Å². The van der Waals surface area contributed by atoms with E-state index in [1.54, 1.807) is 12.0 Å². The predicted octanol–water partition coefficient (Wildman–Crippen LogP) is 2.65. The van der Waals surface area contributed by atoms with Gasteiger partial charge in [0.15, 0.2) is 0 Å². The van der Waals surface area contributed by atoms with E-state index < -0.39 is 5.60 Å². The van der Waals surface area contributed by atoms with Crippen LogP contribution in [0.2, 0.25) is 0 Å². The first kappa shape index (κ1) is 18.2. The van der Waals surface area contributed by atoms with Gasteiger partial charge < -0.3 is 19.7 Å². The minimum Gasteiger partial charge on any atom is -0.444 e. The van der Waals surface area contributed by atoms with Gasteiger partial charge in [-0.2, -0.15) is 0 Å². The third-order valence-corrected chi connectivity index (χ3v) is 3.68. The summed E-state index contributed by atoms with van der Waals surface area (Å²) < 4.78 is 10.5. The van der Waals surface area contributed by atoms with Crippen molar-refractivity contribution in [2.45, 2.75) is 52.1 Å². The highest BCUT2D eigenvalue weighted by Gasteiger charge is 2.21. The molecule has 0 unspecified atom stereocenters. The molecule has 0 bridgehead atoms. The molecule has 0 atom stereocenters. The Morgan fingerprint density at radius 1 is 1.24 bits per heavy atom. The van der Waals surface area contributed by atoms with Crippen molar-refractivity contribution in [3.8, 4) is 0 Å². The van der Waals surface area contributed by atoms with E-state index in [1.807, 2.05) is 20.8 Å². The van der Waals surface area contributed by atoms with Crippen LogP contribution in [0, 0.1) is 5.92 Å². The number of hydrogen-bond donors (Lipinski definition) is 1. The molecule has 1 saturated carbocycles. The molecule has 1 fully saturated rings. The van der Waals surface area contributed by atoms with Crippen LogP contribution in [0.3, 0.4) is 0 Å². The largest absolute Gasteiger partial charge is 0.444 e. The second kappa shape index (κ2) is 9.26. The number of hydrogen-bond acceptors (Lipinski definition) is 4. The molecule has 0 saturated heterocycles. The lowest BCUT2D eigenvalue weighted by atomic mass is 10.1. The van der Waals surface area contributed by atoms with Crippen molar-refractivity contribution < 1.29 is 14.3 Å². The van der Waals surface area contributed by atoms with Gasteiger partial charge in [-0.15, -0.1) is 0 Å². The van der Waals surface area contributed by atoms with Crippen molar-refractivity contribution in [2.24, 2.45) is 5.92 Å². The molecule has 0 heterocycles. The fourth-order valence-electron chi connectivity index (χ4n) is 2.56. The summed E-state index contributed by atoms with van der Waals surface area (Å²) in [6.45, 7) is 9.28. The molecule has 0 aromatic carbocycles. The maximum atomic E-state index is 12.1. The first-order valence-electron chi connectivity index (χ1n) is 8.10.